The minimum atomic E-state index is -0.970. The van der Waals surface area contributed by atoms with E-state index < -0.39 is 11.7 Å². The van der Waals surface area contributed by atoms with Crippen molar-refractivity contribution in [3.05, 3.63) is 60.2 Å². The summed E-state index contributed by atoms with van der Waals surface area (Å²) in [5, 5.41) is 10.7. The van der Waals surface area contributed by atoms with Crippen LogP contribution in [0.1, 0.15) is 18.9 Å². The maximum absolute atomic E-state index is 12.7. The highest BCUT2D eigenvalue weighted by Gasteiger charge is 2.40. The third-order valence-corrected chi connectivity index (χ3v) is 4.83. The van der Waals surface area contributed by atoms with Crippen molar-refractivity contribution in [2.45, 2.75) is 31.5 Å². The molecule has 1 fully saturated rings. The molecule has 2 aromatic carbocycles. The van der Waals surface area contributed by atoms with Gasteiger partial charge in [-0.3, -0.25) is 4.79 Å². The highest BCUT2D eigenvalue weighted by Crippen LogP contribution is 2.27. The Balaban J connectivity index is 1.67. The van der Waals surface area contributed by atoms with Gasteiger partial charge in [0.1, 0.15) is 23.2 Å². The number of aliphatic hydroxyl groups is 1. The smallest absolute Gasteiger partial charge is 0.227 e. The van der Waals surface area contributed by atoms with Gasteiger partial charge in [-0.2, -0.15) is 0 Å². The molecule has 0 radical (unpaired) electrons. The fraction of sp³-hybridized carbons (Fsp3) is 0.381. The quantitative estimate of drug-likeness (QED) is 0.896. The molecule has 1 amide bonds. The lowest BCUT2D eigenvalue weighted by molar-refractivity contribution is -0.142. The van der Waals surface area contributed by atoms with Crippen molar-refractivity contribution < 1.29 is 19.4 Å². The molecule has 1 N–H and O–H groups in total. The number of hydrogen-bond donors (Lipinski definition) is 1. The van der Waals surface area contributed by atoms with Crippen LogP contribution in [0.4, 0.5) is 0 Å². The third-order valence-electron chi connectivity index (χ3n) is 4.83. The SMILES string of the molecule is COc1cccc(CC(=O)N2CC[C@@](C)(O)[C@H](Oc3ccccc3)C2)c1. The van der Waals surface area contributed by atoms with Crippen LogP contribution in [0.3, 0.4) is 0 Å². The second-order valence-corrected chi connectivity index (χ2v) is 6.89. The average molecular weight is 355 g/mol. The predicted octanol–water partition coefficient (Wildman–Crippen LogP) is 2.67. The molecule has 2 aromatic rings. The summed E-state index contributed by atoms with van der Waals surface area (Å²) in [5.41, 5.74) is -0.0602. The highest BCUT2D eigenvalue weighted by molar-refractivity contribution is 5.79. The lowest BCUT2D eigenvalue weighted by Gasteiger charge is -2.42. The van der Waals surface area contributed by atoms with Crippen LogP contribution >= 0.6 is 0 Å². The number of carbonyl (C=O) groups is 1. The first-order valence-electron chi connectivity index (χ1n) is 8.83. The van der Waals surface area contributed by atoms with Gasteiger partial charge >= 0.3 is 0 Å². The molecule has 26 heavy (non-hydrogen) atoms. The monoisotopic (exact) mass is 355 g/mol. The lowest BCUT2D eigenvalue weighted by Crippen LogP contribution is -2.57. The summed E-state index contributed by atoms with van der Waals surface area (Å²) in [7, 11) is 1.61. The van der Waals surface area contributed by atoms with Crippen molar-refractivity contribution in [3.8, 4) is 11.5 Å². The molecule has 3 rings (SSSR count). The summed E-state index contributed by atoms with van der Waals surface area (Å²) in [5.74, 6) is 1.46. The first kappa shape index (κ1) is 18.3. The minimum Gasteiger partial charge on any atom is -0.497 e. The van der Waals surface area contributed by atoms with Crippen LogP contribution in [0.15, 0.2) is 54.6 Å². The van der Waals surface area contributed by atoms with Crippen molar-refractivity contribution in [1.82, 2.24) is 4.90 Å². The highest BCUT2D eigenvalue weighted by atomic mass is 16.5. The van der Waals surface area contributed by atoms with Crippen LogP contribution in [0, 0.1) is 0 Å². The molecule has 5 nitrogen and oxygen atoms in total. The Hall–Kier alpha value is -2.53. The number of rotatable bonds is 5. The van der Waals surface area contributed by atoms with E-state index in [1.807, 2.05) is 54.6 Å². The molecule has 1 heterocycles. The summed E-state index contributed by atoms with van der Waals surface area (Å²) in [4.78, 5) is 14.5. The molecule has 138 valence electrons. The Kier molecular flexibility index (Phi) is 5.47. The lowest BCUT2D eigenvalue weighted by atomic mass is 9.90. The first-order valence-corrected chi connectivity index (χ1v) is 8.83. The van der Waals surface area contributed by atoms with Crippen LogP contribution < -0.4 is 9.47 Å². The van der Waals surface area contributed by atoms with Crippen LogP contribution in [0.2, 0.25) is 0 Å². The zero-order valence-electron chi connectivity index (χ0n) is 15.2. The zero-order valence-corrected chi connectivity index (χ0v) is 15.2. The number of methoxy groups -OCH3 is 1. The fourth-order valence-corrected chi connectivity index (χ4v) is 3.13. The second kappa shape index (κ2) is 7.79. The average Bonchev–Trinajstić information content (AvgIpc) is 2.64. The minimum absolute atomic E-state index is 0.0235. The summed E-state index contributed by atoms with van der Waals surface area (Å²) in [6.45, 7) is 2.65. The third kappa shape index (κ3) is 4.35. The predicted molar refractivity (Wildman–Crippen MR) is 99.4 cm³/mol. The van der Waals surface area contributed by atoms with Crippen molar-refractivity contribution >= 4 is 5.91 Å². The molecule has 2 atom stereocenters. The van der Waals surface area contributed by atoms with E-state index in [0.717, 1.165) is 11.3 Å². The van der Waals surface area contributed by atoms with Gasteiger partial charge in [0.05, 0.1) is 20.1 Å². The molecule has 0 spiro atoms. The van der Waals surface area contributed by atoms with Crippen molar-refractivity contribution in [2.75, 3.05) is 20.2 Å². The van der Waals surface area contributed by atoms with E-state index in [0.29, 0.717) is 31.7 Å². The Bertz CT molecular complexity index is 745. The number of carbonyl (C=O) groups excluding carboxylic acids is 1. The fourth-order valence-electron chi connectivity index (χ4n) is 3.13. The van der Waals surface area contributed by atoms with Crippen LogP contribution in [-0.4, -0.2) is 47.8 Å². The number of benzene rings is 2. The van der Waals surface area contributed by atoms with Gasteiger partial charge < -0.3 is 19.5 Å². The van der Waals surface area contributed by atoms with Gasteiger partial charge in [0, 0.05) is 6.54 Å². The van der Waals surface area contributed by atoms with Gasteiger partial charge in [0.15, 0.2) is 0 Å². The zero-order chi connectivity index (χ0) is 18.6. The van der Waals surface area contributed by atoms with Crippen molar-refractivity contribution in [3.63, 3.8) is 0 Å². The number of ether oxygens (including phenoxy) is 2. The summed E-state index contributed by atoms with van der Waals surface area (Å²) >= 11 is 0. The molecule has 1 saturated heterocycles. The summed E-state index contributed by atoms with van der Waals surface area (Å²) in [6.07, 6.45) is 0.319. The van der Waals surface area contributed by atoms with Gasteiger partial charge in [-0.1, -0.05) is 30.3 Å². The number of hydrogen-bond acceptors (Lipinski definition) is 4. The number of nitrogens with zero attached hydrogens (tertiary/aromatic N) is 1. The number of likely N-dealkylation sites (tertiary alicyclic amines) is 1. The molecule has 0 bridgehead atoms. The molecule has 1 aliphatic rings. The van der Waals surface area contributed by atoms with Crippen LogP contribution in [0.5, 0.6) is 11.5 Å². The topological polar surface area (TPSA) is 59.0 Å². The molecule has 5 heteroatoms. The molecule has 0 aliphatic carbocycles. The molecule has 0 unspecified atom stereocenters. The number of piperidine rings is 1. The number of amides is 1. The van der Waals surface area contributed by atoms with E-state index in [1.54, 1.807) is 18.9 Å². The van der Waals surface area contributed by atoms with Crippen LogP contribution in [-0.2, 0) is 11.2 Å². The molecule has 1 aliphatic heterocycles. The van der Waals surface area contributed by atoms with E-state index in [2.05, 4.69) is 0 Å². The molecule has 0 saturated carbocycles. The van der Waals surface area contributed by atoms with Crippen LogP contribution in [0.25, 0.3) is 0 Å². The van der Waals surface area contributed by atoms with Gasteiger partial charge in [0.25, 0.3) is 0 Å². The van der Waals surface area contributed by atoms with Gasteiger partial charge in [0.2, 0.25) is 5.91 Å². The van der Waals surface area contributed by atoms with E-state index in [-0.39, 0.29) is 5.91 Å². The summed E-state index contributed by atoms with van der Waals surface area (Å²) in [6, 6.07) is 16.9. The van der Waals surface area contributed by atoms with Gasteiger partial charge in [-0.05, 0) is 43.2 Å². The summed E-state index contributed by atoms with van der Waals surface area (Å²) < 4.78 is 11.2. The Labute approximate surface area is 154 Å². The Morgan fingerprint density at radius 1 is 1.19 bits per heavy atom. The first-order chi connectivity index (χ1) is 12.5. The molecular formula is C21H25NO4. The van der Waals surface area contributed by atoms with Gasteiger partial charge in [-0.15, -0.1) is 0 Å². The molecular weight excluding hydrogens is 330 g/mol. The number of para-hydroxylation sites is 1. The van der Waals surface area contributed by atoms with E-state index in [9.17, 15) is 9.90 Å². The maximum atomic E-state index is 12.7. The van der Waals surface area contributed by atoms with E-state index >= 15 is 0 Å². The standard InChI is InChI=1S/C21H25NO4/c1-21(24)11-12-22(15-19(21)26-17-8-4-3-5-9-17)20(23)14-16-7-6-10-18(13-16)25-2/h3-10,13,19,24H,11-12,14-15H2,1-2H3/t19-,21-/m1/s1. The normalized spacial score (nSPS) is 22.7. The van der Waals surface area contributed by atoms with E-state index in [4.69, 9.17) is 9.47 Å². The van der Waals surface area contributed by atoms with Crippen molar-refractivity contribution in [2.24, 2.45) is 0 Å². The Morgan fingerprint density at radius 3 is 2.65 bits per heavy atom. The maximum Gasteiger partial charge on any atom is 0.227 e. The second-order valence-electron chi connectivity index (χ2n) is 6.89. The van der Waals surface area contributed by atoms with Gasteiger partial charge in [-0.25, -0.2) is 0 Å². The largest absolute Gasteiger partial charge is 0.497 e. The Morgan fingerprint density at radius 2 is 1.92 bits per heavy atom. The van der Waals surface area contributed by atoms with E-state index in [1.165, 1.54) is 0 Å². The van der Waals surface area contributed by atoms with Crippen molar-refractivity contribution in [1.29, 1.82) is 0 Å². The molecule has 0 aromatic heterocycles.